The number of carbonyl (C=O) groups is 2. The van der Waals surface area contributed by atoms with Gasteiger partial charge in [0.1, 0.15) is 5.75 Å². The number of piperidine rings is 1. The molecule has 0 saturated carbocycles. The van der Waals surface area contributed by atoms with Crippen LogP contribution in [-0.2, 0) is 9.53 Å². The van der Waals surface area contributed by atoms with Crippen LogP contribution in [0.3, 0.4) is 0 Å². The number of likely N-dealkylation sites (tertiary alicyclic amines) is 1. The molecule has 1 amide bonds. The van der Waals surface area contributed by atoms with Crippen LogP contribution in [0.25, 0.3) is 0 Å². The minimum absolute atomic E-state index is 0.0220. The Balaban J connectivity index is 1.46. The van der Waals surface area contributed by atoms with Crippen LogP contribution in [-0.4, -0.2) is 61.6 Å². The number of hydrogen-bond acceptors (Lipinski definition) is 5. The number of ketones is 1. The van der Waals surface area contributed by atoms with Gasteiger partial charge in [0.2, 0.25) is 0 Å². The first-order valence-electron chi connectivity index (χ1n) is 9.54. The molecule has 1 N–H and O–H groups in total. The molecule has 6 nitrogen and oxygen atoms in total. The monoisotopic (exact) mass is 360 g/mol. The number of amides is 1. The van der Waals surface area contributed by atoms with Gasteiger partial charge in [0, 0.05) is 12.0 Å². The second kappa shape index (κ2) is 9.14. The highest BCUT2D eigenvalue weighted by Crippen LogP contribution is 2.19. The molecule has 0 spiro atoms. The lowest BCUT2D eigenvalue weighted by molar-refractivity contribution is -0.124. The number of Topliss-reactive ketones (excluding diaryl/α,β-unsaturated/α-hetero) is 1. The van der Waals surface area contributed by atoms with Crippen molar-refractivity contribution in [1.29, 1.82) is 0 Å². The van der Waals surface area contributed by atoms with Crippen molar-refractivity contribution in [2.24, 2.45) is 0 Å². The first kappa shape index (κ1) is 18.9. The van der Waals surface area contributed by atoms with E-state index < -0.39 is 0 Å². The number of ether oxygens (including phenoxy) is 2. The predicted octanol–water partition coefficient (Wildman–Crippen LogP) is 2.03. The molecule has 26 heavy (non-hydrogen) atoms. The number of benzene rings is 1. The minimum atomic E-state index is -0.142. The van der Waals surface area contributed by atoms with Gasteiger partial charge in [-0.15, -0.1) is 0 Å². The largest absolute Gasteiger partial charge is 0.484 e. The molecule has 2 heterocycles. The highest BCUT2D eigenvalue weighted by atomic mass is 16.5. The van der Waals surface area contributed by atoms with Crippen LogP contribution in [0, 0.1) is 0 Å². The van der Waals surface area contributed by atoms with Crippen molar-refractivity contribution < 1.29 is 19.1 Å². The molecule has 1 aromatic carbocycles. The topological polar surface area (TPSA) is 67.9 Å². The van der Waals surface area contributed by atoms with Crippen LogP contribution in [0.2, 0.25) is 0 Å². The predicted molar refractivity (Wildman–Crippen MR) is 98.5 cm³/mol. The lowest BCUT2D eigenvalue weighted by atomic mass is 10.0. The fourth-order valence-electron chi connectivity index (χ4n) is 3.63. The third-order valence-corrected chi connectivity index (χ3v) is 5.12. The maximum Gasteiger partial charge on any atom is 0.258 e. The Morgan fingerprint density at radius 3 is 2.58 bits per heavy atom. The zero-order valence-electron chi connectivity index (χ0n) is 15.4. The van der Waals surface area contributed by atoms with Crippen LogP contribution in [0.1, 0.15) is 43.0 Å². The molecule has 2 aliphatic rings. The van der Waals surface area contributed by atoms with Crippen molar-refractivity contribution in [1.82, 2.24) is 10.2 Å². The summed E-state index contributed by atoms with van der Waals surface area (Å²) < 4.78 is 11.2. The van der Waals surface area contributed by atoms with E-state index in [4.69, 9.17) is 9.47 Å². The zero-order valence-corrected chi connectivity index (χ0v) is 15.4. The normalized spacial score (nSPS) is 23.6. The molecular weight excluding hydrogens is 332 g/mol. The molecule has 0 radical (unpaired) electrons. The SMILES string of the molecule is CCC(=O)c1ccc(OCC(=O)N[C@H]2COC[C@@H]2N2CCCCC2)cc1. The zero-order chi connectivity index (χ0) is 18.4. The summed E-state index contributed by atoms with van der Waals surface area (Å²) in [6, 6.07) is 7.20. The van der Waals surface area contributed by atoms with E-state index in [1.807, 2.05) is 6.92 Å². The molecule has 2 saturated heterocycles. The summed E-state index contributed by atoms with van der Waals surface area (Å²) in [6.07, 6.45) is 4.20. The van der Waals surface area contributed by atoms with E-state index in [1.165, 1.54) is 19.3 Å². The maximum absolute atomic E-state index is 12.3. The Morgan fingerprint density at radius 1 is 1.15 bits per heavy atom. The van der Waals surface area contributed by atoms with Gasteiger partial charge in [-0.05, 0) is 50.2 Å². The minimum Gasteiger partial charge on any atom is -0.484 e. The van der Waals surface area contributed by atoms with E-state index in [0.29, 0.717) is 30.9 Å². The Hall–Kier alpha value is -1.92. The number of rotatable bonds is 7. The summed E-state index contributed by atoms with van der Waals surface area (Å²) in [4.78, 5) is 26.3. The number of nitrogens with zero attached hydrogens (tertiary/aromatic N) is 1. The highest BCUT2D eigenvalue weighted by molar-refractivity contribution is 5.95. The third-order valence-electron chi connectivity index (χ3n) is 5.12. The van der Waals surface area contributed by atoms with E-state index in [1.54, 1.807) is 24.3 Å². The van der Waals surface area contributed by atoms with E-state index in [9.17, 15) is 9.59 Å². The standard InChI is InChI=1S/C20H28N2O4/c1-2-19(23)15-6-8-16(9-7-15)26-14-20(24)21-17-12-25-13-18(17)22-10-4-3-5-11-22/h6-9,17-18H,2-5,10-14H2,1H3,(H,21,24)/t17-,18-/m0/s1. The average molecular weight is 360 g/mol. The molecule has 6 heteroatoms. The molecule has 1 aromatic rings. The van der Waals surface area contributed by atoms with Crippen molar-refractivity contribution >= 4 is 11.7 Å². The average Bonchev–Trinajstić information content (AvgIpc) is 3.15. The Morgan fingerprint density at radius 2 is 1.88 bits per heavy atom. The second-order valence-electron chi connectivity index (χ2n) is 6.97. The smallest absolute Gasteiger partial charge is 0.258 e. The van der Waals surface area contributed by atoms with Crippen LogP contribution in [0.5, 0.6) is 5.75 Å². The Labute approximate surface area is 154 Å². The van der Waals surface area contributed by atoms with Gasteiger partial charge < -0.3 is 14.8 Å². The molecule has 2 fully saturated rings. The van der Waals surface area contributed by atoms with Crippen LogP contribution < -0.4 is 10.1 Å². The summed E-state index contributed by atoms with van der Waals surface area (Å²) in [7, 11) is 0. The summed E-state index contributed by atoms with van der Waals surface area (Å²) >= 11 is 0. The van der Waals surface area contributed by atoms with Gasteiger partial charge in [0.15, 0.2) is 12.4 Å². The Kier molecular flexibility index (Phi) is 6.63. The van der Waals surface area contributed by atoms with E-state index in [0.717, 1.165) is 13.1 Å². The van der Waals surface area contributed by atoms with Gasteiger partial charge in [0.25, 0.3) is 5.91 Å². The van der Waals surface area contributed by atoms with Crippen LogP contribution in [0.15, 0.2) is 24.3 Å². The number of carbonyl (C=O) groups excluding carboxylic acids is 2. The molecule has 2 atom stereocenters. The van der Waals surface area contributed by atoms with Gasteiger partial charge in [-0.3, -0.25) is 14.5 Å². The van der Waals surface area contributed by atoms with Crippen molar-refractivity contribution in [2.45, 2.75) is 44.7 Å². The number of hydrogen-bond donors (Lipinski definition) is 1. The fourth-order valence-corrected chi connectivity index (χ4v) is 3.63. The maximum atomic E-state index is 12.3. The van der Waals surface area contributed by atoms with Crippen molar-refractivity contribution in [2.75, 3.05) is 32.9 Å². The Bertz CT molecular complexity index is 611. The molecule has 0 unspecified atom stereocenters. The lowest BCUT2D eigenvalue weighted by Crippen LogP contribution is -2.53. The molecule has 142 valence electrons. The van der Waals surface area contributed by atoms with Crippen molar-refractivity contribution in [3.8, 4) is 5.75 Å². The van der Waals surface area contributed by atoms with Gasteiger partial charge in [-0.25, -0.2) is 0 Å². The van der Waals surface area contributed by atoms with Crippen molar-refractivity contribution in [3.05, 3.63) is 29.8 Å². The molecule has 3 rings (SSSR count). The second-order valence-corrected chi connectivity index (χ2v) is 6.97. The molecule has 2 aliphatic heterocycles. The molecule has 0 aliphatic carbocycles. The van der Waals surface area contributed by atoms with E-state index in [2.05, 4.69) is 10.2 Å². The number of nitrogens with one attached hydrogen (secondary N) is 1. The van der Waals surface area contributed by atoms with Gasteiger partial charge in [-0.2, -0.15) is 0 Å². The van der Waals surface area contributed by atoms with Crippen molar-refractivity contribution in [3.63, 3.8) is 0 Å². The van der Waals surface area contributed by atoms with Gasteiger partial charge in [-0.1, -0.05) is 13.3 Å². The first-order chi connectivity index (χ1) is 12.7. The highest BCUT2D eigenvalue weighted by Gasteiger charge is 2.34. The van der Waals surface area contributed by atoms with E-state index >= 15 is 0 Å². The molecular formula is C20H28N2O4. The van der Waals surface area contributed by atoms with Gasteiger partial charge in [0.05, 0.1) is 25.3 Å². The quantitative estimate of drug-likeness (QED) is 0.754. The first-order valence-corrected chi connectivity index (χ1v) is 9.54. The molecule has 0 bridgehead atoms. The van der Waals surface area contributed by atoms with Crippen LogP contribution in [0.4, 0.5) is 0 Å². The van der Waals surface area contributed by atoms with Crippen LogP contribution >= 0.6 is 0 Å². The lowest BCUT2D eigenvalue weighted by Gasteiger charge is -2.34. The molecule has 0 aromatic heterocycles. The third kappa shape index (κ3) is 4.83. The summed E-state index contributed by atoms with van der Waals surface area (Å²) in [5, 5.41) is 3.05. The summed E-state index contributed by atoms with van der Waals surface area (Å²) in [5.74, 6) is 0.540. The summed E-state index contributed by atoms with van der Waals surface area (Å²) in [6.45, 7) is 5.20. The summed E-state index contributed by atoms with van der Waals surface area (Å²) in [5.41, 5.74) is 0.664. The van der Waals surface area contributed by atoms with Gasteiger partial charge >= 0.3 is 0 Å². The fraction of sp³-hybridized carbons (Fsp3) is 0.600. The van der Waals surface area contributed by atoms with E-state index in [-0.39, 0.29) is 30.4 Å².